The van der Waals surface area contributed by atoms with Crippen molar-refractivity contribution in [3.63, 3.8) is 0 Å². The second-order valence-corrected chi connectivity index (χ2v) is 1.39. The maximum Gasteiger partial charge on any atom is 0.296 e. The van der Waals surface area contributed by atoms with E-state index in [0.717, 1.165) is 6.54 Å². The fourth-order valence-electron chi connectivity index (χ4n) is 0.540. The fourth-order valence-corrected chi connectivity index (χ4v) is 0.540. The van der Waals surface area contributed by atoms with E-state index in [4.69, 9.17) is 4.74 Å². The van der Waals surface area contributed by atoms with Gasteiger partial charge in [0.15, 0.2) is 0 Å². The predicted octanol–water partition coefficient (Wildman–Crippen LogP) is -0.937. The smallest absolute Gasteiger partial charge is 0.296 e. The zero-order valence-electron chi connectivity index (χ0n) is 4.29. The molecular weight excluding hydrogens is 110 g/mol. The molecule has 8 heavy (non-hydrogen) atoms. The van der Waals surface area contributed by atoms with Crippen LogP contribution in [0, 0.1) is 0 Å². The highest BCUT2D eigenvalue weighted by atomic mass is 16.7. The van der Waals surface area contributed by atoms with Gasteiger partial charge >= 0.3 is 0 Å². The molecule has 0 radical (unpaired) electrons. The molecule has 46 valence electrons. The topological polar surface area (TPSA) is 47.6 Å². The summed E-state index contributed by atoms with van der Waals surface area (Å²) in [5, 5.41) is 2.78. The molecule has 4 nitrogen and oxygen atoms in total. The molecule has 0 saturated carbocycles. The van der Waals surface area contributed by atoms with E-state index >= 15 is 0 Å². The van der Waals surface area contributed by atoms with Gasteiger partial charge < -0.3 is 9.47 Å². The Labute approximate surface area is 46.8 Å². The Morgan fingerprint density at radius 3 is 3.25 bits per heavy atom. The summed E-state index contributed by atoms with van der Waals surface area (Å²) in [6.45, 7) is 1.72. The molecule has 1 saturated heterocycles. The van der Waals surface area contributed by atoms with Gasteiger partial charge in [0.05, 0.1) is 6.61 Å². The van der Waals surface area contributed by atoms with E-state index in [1.54, 1.807) is 0 Å². The lowest BCUT2D eigenvalue weighted by Gasteiger charge is -2.04. The molecule has 0 aromatic carbocycles. The van der Waals surface area contributed by atoms with Crippen molar-refractivity contribution in [1.82, 2.24) is 5.32 Å². The fraction of sp³-hybridized carbons (Fsp3) is 0.750. The average Bonchev–Trinajstić information content (AvgIpc) is 2.19. The van der Waals surface area contributed by atoms with E-state index in [-0.39, 0.29) is 0 Å². The lowest BCUT2D eigenvalue weighted by atomic mass is 10.7. The van der Waals surface area contributed by atoms with Crippen molar-refractivity contribution in [3.05, 3.63) is 0 Å². The first-order valence-corrected chi connectivity index (χ1v) is 2.37. The molecule has 0 amide bonds. The van der Waals surface area contributed by atoms with Crippen LogP contribution in [0.1, 0.15) is 0 Å². The van der Waals surface area contributed by atoms with E-state index in [1.807, 2.05) is 0 Å². The van der Waals surface area contributed by atoms with Crippen molar-refractivity contribution < 1.29 is 14.3 Å². The SMILES string of the molecule is O=COC1NCCO1. The van der Waals surface area contributed by atoms with Crippen molar-refractivity contribution in [2.24, 2.45) is 0 Å². The highest BCUT2D eigenvalue weighted by Crippen LogP contribution is 1.93. The average molecular weight is 117 g/mol. The van der Waals surface area contributed by atoms with Crippen LogP contribution in [0.15, 0.2) is 0 Å². The monoisotopic (exact) mass is 117 g/mol. The summed E-state index contributed by atoms with van der Waals surface area (Å²) in [5.41, 5.74) is 0. The third-order valence-electron chi connectivity index (χ3n) is 0.861. The quantitative estimate of drug-likeness (QED) is 0.474. The number of ether oxygens (including phenoxy) is 2. The standard InChI is InChI=1S/C4H7NO3/c6-3-8-4-5-1-2-7-4/h3-5H,1-2H2. The zero-order valence-corrected chi connectivity index (χ0v) is 4.29. The molecule has 1 aliphatic heterocycles. The predicted molar refractivity (Wildman–Crippen MR) is 24.9 cm³/mol. The Morgan fingerprint density at radius 1 is 1.88 bits per heavy atom. The highest BCUT2D eigenvalue weighted by molar-refractivity contribution is 5.37. The van der Waals surface area contributed by atoms with Gasteiger partial charge in [-0.2, -0.15) is 0 Å². The molecule has 1 N–H and O–H groups in total. The molecule has 4 heteroatoms. The first-order chi connectivity index (χ1) is 3.93. The molecule has 1 heterocycles. The Kier molecular flexibility index (Phi) is 1.82. The number of carbonyl (C=O) groups excluding carboxylic acids is 1. The summed E-state index contributed by atoms with van der Waals surface area (Å²) in [5.74, 6) is 0. The molecule has 1 atom stereocenters. The first-order valence-electron chi connectivity index (χ1n) is 2.37. The van der Waals surface area contributed by atoms with Crippen LogP contribution in [0.4, 0.5) is 0 Å². The van der Waals surface area contributed by atoms with E-state index in [0.29, 0.717) is 13.1 Å². The van der Waals surface area contributed by atoms with Gasteiger partial charge in [0.25, 0.3) is 12.9 Å². The van der Waals surface area contributed by atoms with Crippen LogP contribution < -0.4 is 5.32 Å². The lowest BCUT2D eigenvalue weighted by molar-refractivity contribution is -0.157. The minimum absolute atomic E-state index is 0.364. The maximum atomic E-state index is 9.62. The molecule has 1 fully saturated rings. The van der Waals surface area contributed by atoms with Crippen LogP contribution >= 0.6 is 0 Å². The van der Waals surface area contributed by atoms with Gasteiger partial charge in [0.2, 0.25) is 0 Å². The van der Waals surface area contributed by atoms with Crippen LogP contribution in [0.5, 0.6) is 0 Å². The molecule has 0 aliphatic carbocycles. The van der Waals surface area contributed by atoms with Crippen molar-refractivity contribution >= 4 is 6.47 Å². The van der Waals surface area contributed by atoms with Gasteiger partial charge in [-0.3, -0.25) is 10.1 Å². The Hall–Kier alpha value is -0.610. The lowest BCUT2D eigenvalue weighted by Crippen LogP contribution is -2.24. The third-order valence-corrected chi connectivity index (χ3v) is 0.861. The van der Waals surface area contributed by atoms with Crippen LogP contribution in [0.3, 0.4) is 0 Å². The molecule has 0 bridgehead atoms. The number of hydrogen-bond acceptors (Lipinski definition) is 4. The number of nitrogens with one attached hydrogen (secondary N) is 1. The summed E-state index contributed by atoms with van der Waals surface area (Å²) in [6, 6.07) is 0. The van der Waals surface area contributed by atoms with E-state index < -0.39 is 6.41 Å². The van der Waals surface area contributed by atoms with Gasteiger partial charge in [0.1, 0.15) is 0 Å². The minimum Gasteiger partial charge on any atom is -0.424 e. The highest BCUT2D eigenvalue weighted by Gasteiger charge is 2.13. The minimum atomic E-state index is -0.507. The summed E-state index contributed by atoms with van der Waals surface area (Å²) >= 11 is 0. The van der Waals surface area contributed by atoms with Gasteiger partial charge in [-0.15, -0.1) is 0 Å². The summed E-state index contributed by atoms with van der Waals surface area (Å²) in [6.07, 6.45) is -0.507. The zero-order chi connectivity index (χ0) is 5.82. The first kappa shape index (κ1) is 5.53. The van der Waals surface area contributed by atoms with Gasteiger partial charge in [-0.25, -0.2) is 0 Å². The van der Waals surface area contributed by atoms with Crippen molar-refractivity contribution in [2.45, 2.75) is 6.41 Å². The van der Waals surface area contributed by atoms with Crippen LogP contribution in [0.25, 0.3) is 0 Å². The van der Waals surface area contributed by atoms with E-state index in [9.17, 15) is 4.79 Å². The van der Waals surface area contributed by atoms with Crippen LogP contribution in [-0.4, -0.2) is 26.0 Å². The van der Waals surface area contributed by atoms with Crippen molar-refractivity contribution in [1.29, 1.82) is 0 Å². The molecular formula is C4H7NO3. The van der Waals surface area contributed by atoms with Crippen LogP contribution in [0.2, 0.25) is 0 Å². The molecule has 1 aliphatic rings. The second-order valence-electron chi connectivity index (χ2n) is 1.39. The summed E-state index contributed by atoms with van der Waals surface area (Å²) < 4.78 is 9.22. The van der Waals surface area contributed by atoms with Gasteiger partial charge in [-0.05, 0) is 0 Å². The van der Waals surface area contributed by atoms with Gasteiger partial charge in [0, 0.05) is 6.54 Å². The summed E-state index contributed by atoms with van der Waals surface area (Å²) in [4.78, 5) is 9.62. The van der Waals surface area contributed by atoms with E-state index in [1.165, 1.54) is 0 Å². The van der Waals surface area contributed by atoms with Crippen LogP contribution in [-0.2, 0) is 14.3 Å². The number of rotatable bonds is 2. The van der Waals surface area contributed by atoms with Crippen molar-refractivity contribution in [2.75, 3.05) is 13.2 Å². The Balaban J connectivity index is 2.14. The largest absolute Gasteiger partial charge is 0.424 e. The normalized spacial score (nSPS) is 27.8. The molecule has 0 aromatic rings. The van der Waals surface area contributed by atoms with Gasteiger partial charge in [-0.1, -0.05) is 0 Å². The molecule has 1 rings (SSSR count). The van der Waals surface area contributed by atoms with Crippen molar-refractivity contribution in [3.8, 4) is 0 Å². The van der Waals surface area contributed by atoms with E-state index in [2.05, 4.69) is 10.1 Å². The summed E-state index contributed by atoms with van der Waals surface area (Å²) in [7, 11) is 0. The molecule has 0 spiro atoms. The second kappa shape index (κ2) is 2.64. The maximum absolute atomic E-state index is 9.62. The molecule has 1 unspecified atom stereocenters. The third kappa shape index (κ3) is 1.18. The number of carbonyl (C=O) groups is 1. The molecule has 0 aromatic heterocycles. The Morgan fingerprint density at radius 2 is 2.75 bits per heavy atom. The number of hydrogen-bond donors (Lipinski definition) is 1. The Bertz CT molecular complexity index is 79.4.